The number of aryl methyl sites for hydroxylation is 1. The summed E-state index contributed by atoms with van der Waals surface area (Å²) < 4.78 is 6.24. The smallest absolute Gasteiger partial charge is 0.251 e. The Kier molecular flexibility index (Phi) is 8.57. The maximum atomic E-state index is 13.4. The van der Waals surface area contributed by atoms with Gasteiger partial charge in [0.25, 0.3) is 5.91 Å². The van der Waals surface area contributed by atoms with Crippen molar-refractivity contribution in [1.29, 1.82) is 0 Å². The first-order chi connectivity index (χ1) is 17.4. The van der Waals surface area contributed by atoms with Gasteiger partial charge >= 0.3 is 0 Å². The molecule has 36 heavy (non-hydrogen) atoms. The van der Waals surface area contributed by atoms with E-state index in [2.05, 4.69) is 17.6 Å². The van der Waals surface area contributed by atoms with Gasteiger partial charge in [0.2, 0.25) is 0 Å². The lowest BCUT2D eigenvalue weighted by atomic mass is 9.97. The van der Waals surface area contributed by atoms with Crippen molar-refractivity contribution >= 4 is 28.5 Å². The van der Waals surface area contributed by atoms with Gasteiger partial charge in [-0.15, -0.1) is 0 Å². The molecule has 1 amide bonds. The van der Waals surface area contributed by atoms with Crippen molar-refractivity contribution in [3.8, 4) is 0 Å². The van der Waals surface area contributed by atoms with Crippen molar-refractivity contribution in [3.63, 3.8) is 0 Å². The van der Waals surface area contributed by atoms with Crippen molar-refractivity contribution in [2.75, 3.05) is 19.6 Å². The summed E-state index contributed by atoms with van der Waals surface area (Å²) in [5, 5.41) is 7.42. The molecule has 1 aromatic heterocycles. The number of rotatable bonds is 10. The van der Waals surface area contributed by atoms with Crippen LogP contribution in [0.15, 0.2) is 82.0 Å². The lowest BCUT2D eigenvalue weighted by Gasteiger charge is -2.16. The molecule has 5 nitrogen and oxygen atoms in total. The predicted octanol–water partition coefficient (Wildman–Crippen LogP) is 5.54. The first-order valence-electron chi connectivity index (χ1n) is 12.2. The highest BCUT2D eigenvalue weighted by Gasteiger charge is 2.17. The van der Waals surface area contributed by atoms with Gasteiger partial charge in [0.05, 0.1) is 5.39 Å². The molecule has 4 aromatic rings. The highest BCUT2D eigenvalue weighted by Crippen LogP contribution is 2.23. The second-order valence-electron chi connectivity index (χ2n) is 9.27. The minimum Gasteiger partial charge on any atom is -0.460 e. The fourth-order valence-electron chi connectivity index (χ4n) is 4.20. The van der Waals surface area contributed by atoms with E-state index in [1.165, 1.54) is 0 Å². The summed E-state index contributed by atoms with van der Waals surface area (Å²) in [6.45, 7) is 6.02. The lowest BCUT2D eigenvalue weighted by Crippen LogP contribution is -2.34. The van der Waals surface area contributed by atoms with Crippen LogP contribution < -0.4 is 16.1 Å². The van der Waals surface area contributed by atoms with Gasteiger partial charge < -0.3 is 15.1 Å². The molecule has 0 aliphatic heterocycles. The zero-order chi connectivity index (χ0) is 25.5. The van der Waals surface area contributed by atoms with Crippen molar-refractivity contribution in [3.05, 3.63) is 116 Å². The first-order valence-corrected chi connectivity index (χ1v) is 12.6. The molecule has 1 unspecified atom stereocenters. The monoisotopic (exact) mass is 502 g/mol. The molecule has 0 saturated heterocycles. The highest BCUT2D eigenvalue weighted by atomic mass is 35.5. The maximum Gasteiger partial charge on any atom is 0.251 e. The molecule has 1 atom stereocenters. The first kappa shape index (κ1) is 25.7. The number of amides is 1. The van der Waals surface area contributed by atoms with Crippen LogP contribution in [0.25, 0.3) is 11.0 Å². The number of hydrogen-bond donors (Lipinski definition) is 2. The molecule has 0 radical (unpaired) electrons. The molecule has 3 aromatic carbocycles. The van der Waals surface area contributed by atoms with Gasteiger partial charge in [-0.1, -0.05) is 66.6 Å². The van der Waals surface area contributed by atoms with Gasteiger partial charge in [-0.2, -0.15) is 0 Å². The predicted molar refractivity (Wildman–Crippen MR) is 146 cm³/mol. The van der Waals surface area contributed by atoms with E-state index < -0.39 is 0 Å². The van der Waals surface area contributed by atoms with E-state index in [-0.39, 0.29) is 17.3 Å². The normalized spacial score (nSPS) is 12.0. The topological polar surface area (TPSA) is 71.3 Å². The lowest BCUT2D eigenvalue weighted by molar-refractivity contribution is 0.0954. The van der Waals surface area contributed by atoms with Crippen LogP contribution in [0.5, 0.6) is 0 Å². The molecule has 186 valence electrons. The van der Waals surface area contributed by atoms with E-state index in [9.17, 15) is 9.59 Å². The van der Waals surface area contributed by atoms with Gasteiger partial charge in [0, 0.05) is 48.1 Å². The van der Waals surface area contributed by atoms with Crippen LogP contribution in [-0.4, -0.2) is 25.5 Å². The van der Waals surface area contributed by atoms with E-state index in [4.69, 9.17) is 16.0 Å². The van der Waals surface area contributed by atoms with Gasteiger partial charge in [-0.25, -0.2) is 0 Å². The van der Waals surface area contributed by atoms with Crippen molar-refractivity contribution < 1.29 is 9.21 Å². The summed E-state index contributed by atoms with van der Waals surface area (Å²) in [4.78, 5) is 25.6. The molecule has 4 rings (SSSR count). The van der Waals surface area contributed by atoms with Gasteiger partial charge in [0.1, 0.15) is 11.3 Å². The van der Waals surface area contributed by atoms with E-state index in [1.807, 2.05) is 61.5 Å². The third-order valence-electron chi connectivity index (χ3n) is 6.18. The zero-order valence-electron chi connectivity index (χ0n) is 20.6. The summed E-state index contributed by atoms with van der Waals surface area (Å²) in [6.07, 6.45) is 1.13. The summed E-state index contributed by atoms with van der Waals surface area (Å²) in [5.74, 6) is 0.833. The molecular weight excluding hydrogens is 472 g/mol. The Hall–Kier alpha value is -3.41. The van der Waals surface area contributed by atoms with Crippen LogP contribution >= 0.6 is 11.6 Å². The average molecular weight is 503 g/mol. The quantitative estimate of drug-likeness (QED) is 0.279. The number of carbonyl (C=O) groups is 1. The minimum absolute atomic E-state index is 0.00857. The highest BCUT2D eigenvalue weighted by molar-refractivity contribution is 6.31. The van der Waals surface area contributed by atoms with Crippen LogP contribution in [0, 0.1) is 12.8 Å². The third kappa shape index (κ3) is 6.62. The van der Waals surface area contributed by atoms with Crippen LogP contribution in [0.1, 0.15) is 39.7 Å². The fourth-order valence-corrected chi connectivity index (χ4v) is 4.37. The van der Waals surface area contributed by atoms with E-state index >= 15 is 0 Å². The van der Waals surface area contributed by atoms with Crippen molar-refractivity contribution in [1.82, 2.24) is 10.6 Å². The Morgan fingerprint density at radius 1 is 1.00 bits per heavy atom. The molecule has 0 bridgehead atoms. The molecule has 0 fully saturated rings. The third-order valence-corrected chi connectivity index (χ3v) is 6.42. The summed E-state index contributed by atoms with van der Waals surface area (Å²) in [6, 6.07) is 22.6. The Labute approximate surface area is 216 Å². The number of benzene rings is 3. The SMILES string of the molecule is Cc1ccc(C(=O)NCCNCC(C)Cc2oc3cc(Cl)ccc3c(=O)c2Cc2ccccc2)cc1. The second-order valence-corrected chi connectivity index (χ2v) is 9.71. The standard InChI is InChI=1S/C30H31ClN2O3/c1-20-8-10-23(11-9-20)30(35)33-15-14-32-19-21(2)16-27-26(17-22-6-4-3-5-7-22)29(34)25-13-12-24(31)18-28(25)36-27/h3-13,18,21,32H,14-17,19H2,1-2H3,(H,33,35). The Bertz CT molecular complexity index is 1380. The van der Waals surface area contributed by atoms with Crippen molar-refractivity contribution in [2.24, 2.45) is 5.92 Å². The van der Waals surface area contributed by atoms with Crippen LogP contribution in [-0.2, 0) is 12.8 Å². The Balaban J connectivity index is 1.39. The fraction of sp³-hybridized carbons (Fsp3) is 0.267. The number of carbonyl (C=O) groups excluding carboxylic acids is 1. The maximum absolute atomic E-state index is 13.4. The summed E-state index contributed by atoms with van der Waals surface area (Å²) >= 11 is 6.16. The molecule has 0 saturated carbocycles. The Morgan fingerprint density at radius 2 is 1.75 bits per heavy atom. The molecule has 2 N–H and O–H groups in total. The van der Waals surface area contributed by atoms with E-state index in [1.54, 1.807) is 18.2 Å². The van der Waals surface area contributed by atoms with Crippen LogP contribution in [0.2, 0.25) is 5.02 Å². The zero-order valence-corrected chi connectivity index (χ0v) is 21.4. The largest absolute Gasteiger partial charge is 0.460 e. The molecule has 6 heteroatoms. The van der Waals surface area contributed by atoms with Crippen LogP contribution in [0.4, 0.5) is 0 Å². The molecule has 0 spiro atoms. The molecule has 0 aliphatic carbocycles. The molecule has 0 aliphatic rings. The van der Waals surface area contributed by atoms with Crippen molar-refractivity contribution in [2.45, 2.75) is 26.7 Å². The van der Waals surface area contributed by atoms with Gasteiger partial charge in [-0.3, -0.25) is 9.59 Å². The number of fused-ring (bicyclic) bond motifs is 1. The second kappa shape index (κ2) is 12.0. The Morgan fingerprint density at radius 3 is 2.50 bits per heavy atom. The number of nitrogens with one attached hydrogen (secondary N) is 2. The van der Waals surface area contributed by atoms with E-state index in [0.29, 0.717) is 58.8 Å². The number of halogens is 1. The van der Waals surface area contributed by atoms with E-state index in [0.717, 1.165) is 17.7 Å². The molecular formula is C30H31ClN2O3. The molecule has 1 heterocycles. The summed E-state index contributed by atoms with van der Waals surface area (Å²) in [5.41, 5.74) is 4.04. The summed E-state index contributed by atoms with van der Waals surface area (Å²) in [7, 11) is 0. The average Bonchev–Trinajstić information content (AvgIpc) is 2.87. The number of hydrogen-bond acceptors (Lipinski definition) is 4. The van der Waals surface area contributed by atoms with Crippen LogP contribution in [0.3, 0.4) is 0 Å². The van der Waals surface area contributed by atoms with Gasteiger partial charge in [-0.05, 0) is 49.2 Å². The minimum atomic E-state index is -0.0769. The van der Waals surface area contributed by atoms with Gasteiger partial charge in [0.15, 0.2) is 5.43 Å².